The maximum absolute atomic E-state index is 12.5. The topological polar surface area (TPSA) is 61.4 Å². The molecule has 3 aliphatic rings. The zero-order valence-electron chi connectivity index (χ0n) is 14.4. The van der Waals surface area contributed by atoms with Crippen molar-refractivity contribution in [3.8, 4) is 0 Å². The fourth-order valence-electron chi connectivity index (χ4n) is 4.30. The Bertz CT molecular complexity index is 622. The van der Waals surface area contributed by atoms with Crippen molar-refractivity contribution in [2.75, 3.05) is 6.54 Å². The van der Waals surface area contributed by atoms with Crippen LogP contribution in [0.4, 0.5) is 0 Å². The highest BCUT2D eigenvalue weighted by Gasteiger charge is 2.34. The van der Waals surface area contributed by atoms with Gasteiger partial charge in [-0.25, -0.2) is 0 Å². The fourth-order valence-corrected chi connectivity index (χ4v) is 4.30. The summed E-state index contributed by atoms with van der Waals surface area (Å²) in [5, 5.41) is 6.79. The Morgan fingerprint density at radius 2 is 1.84 bits per heavy atom. The highest BCUT2D eigenvalue weighted by molar-refractivity contribution is 5.94. The Kier molecular flexibility index (Phi) is 5.64. The summed E-state index contributed by atoms with van der Waals surface area (Å²) in [6, 6.07) is 9.13. The number of hydrogen-bond donors (Lipinski definition) is 2. The van der Waals surface area contributed by atoms with Gasteiger partial charge in [-0.05, 0) is 49.8 Å². The van der Waals surface area contributed by atoms with E-state index < -0.39 is 0 Å². The van der Waals surface area contributed by atoms with E-state index in [0.717, 1.165) is 31.4 Å². The van der Waals surface area contributed by atoms with E-state index in [1.165, 1.54) is 12.8 Å². The van der Waals surface area contributed by atoms with Gasteiger partial charge in [0.05, 0.1) is 0 Å². The van der Waals surface area contributed by atoms with Gasteiger partial charge in [0.15, 0.2) is 0 Å². The van der Waals surface area contributed by atoms with Crippen molar-refractivity contribution in [2.45, 2.75) is 63.2 Å². The van der Waals surface area contributed by atoms with Crippen molar-refractivity contribution >= 4 is 24.2 Å². The van der Waals surface area contributed by atoms with Crippen LogP contribution >= 0.6 is 12.4 Å². The van der Waals surface area contributed by atoms with Gasteiger partial charge in [0.1, 0.15) is 0 Å². The molecule has 3 heterocycles. The van der Waals surface area contributed by atoms with E-state index in [1.807, 2.05) is 29.2 Å². The van der Waals surface area contributed by atoms with Crippen LogP contribution in [0.1, 0.15) is 54.4 Å². The minimum Gasteiger partial charge on any atom is -0.349 e. The van der Waals surface area contributed by atoms with E-state index in [9.17, 15) is 9.59 Å². The molecule has 2 unspecified atom stereocenters. The summed E-state index contributed by atoms with van der Waals surface area (Å²) in [7, 11) is 0. The molecule has 25 heavy (non-hydrogen) atoms. The van der Waals surface area contributed by atoms with E-state index in [-0.39, 0.29) is 30.3 Å². The molecule has 6 heteroatoms. The third kappa shape index (κ3) is 4.15. The highest BCUT2D eigenvalue weighted by Crippen LogP contribution is 2.27. The zero-order valence-corrected chi connectivity index (χ0v) is 15.2. The van der Waals surface area contributed by atoms with Crippen molar-refractivity contribution in [1.82, 2.24) is 15.5 Å². The minimum atomic E-state index is 0. The van der Waals surface area contributed by atoms with Crippen LogP contribution in [0, 0.1) is 0 Å². The molecule has 0 saturated carbocycles. The van der Waals surface area contributed by atoms with E-state index in [4.69, 9.17) is 0 Å². The molecule has 2 N–H and O–H groups in total. The molecule has 3 aliphatic heterocycles. The largest absolute Gasteiger partial charge is 0.349 e. The summed E-state index contributed by atoms with van der Waals surface area (Å²) >= 11 is 0. The second-order valence-electron chi connectivity index (χ2n) is 7.40. The number of nitrogens with one attached hydrogen (secondary N) is 2. The normalized spacial score (nSPS) is 27.9. The van der Waals surface area contributed by atoms with Gasteiger partial charge in [-0.2, -0.15) is 0 Å². The lowest BCUT2D eigenvalue weighted by molar-refractivity contribution is -0.128. The van der Waals surface area contributed by atoms with Gasteiger partial charge < -0.3 is 15.5 Å². The second kappa shape index (κ2) is 7.75. The van der Waals surface area contributed by atoms with Crippen molar-refractivity contribution in [2.24, 2.45) is 0 Å². The molecule has 0 radical (unpaired) electrons. The molecule has 2 atom stereocenters. The van der Waals surface area contributed by atoms with Crippen molar-refractivity contribution in [3.05, 3.63) is 35.4 Å². The molecule has 2 bridgehead atoms. The summed E-state index contributed by atoms with van der Waals surface area (Å²) < 4.78 is 0. The van der Waals surface area contributed by atoms with Crippen LogP contribution in [0.15, 0.2) is 24.3 Å². The summed E-state index contributed by atoms with van der Waals surface area (Å²) in [6.07, 6.45) is 6.17. The number of carbonyl (C=O) groups excluding carboxylic acids is 2. The molecule has 0 aliphatic carbocycles. The minimum absolute atomic E-state index is 0. The summed E-state index contributed by atoms with van der Waals surface area (Å²) in [4.78, 5) is 26.0. The molecule has 2 amide bonds. The molecule has 1 aromatic carbocycles. The second-order valence-corrected chi connectivity index (χ2v) is 7.40. The van der Waals surface area contributed by atoms with Crippen LogP contribution in [0.25, 0.3) is 0 Å². The Hall–Kier alpha value is -1.59. The van der Waals surface area contributed by atoms with E-state index in [0.29, 0.717) is 30.6 Å². The Morgan fingerprint density at radius 3 is 2.44 bits per heavy atom. The highest BCUT2D eigenvalue weighted by atomic mass is 35.5. The molecule has 4 rings (SSSR count). The van der Waals surface area contributed by atoms with E-state index in [1.54, 1.807) is 0 Å². The number of carbonyl (C=O) groups is 2. The molecule has 5 nitrogen and oxygen atoms in total. The molecule has 3 fully saturated rings. The standard InChI is InChI=1S/C19H25N3O2.ClH/c23-18-2-1-9-22(18)12-13-3-5-14(6-4-13)19(24)21-17-10-15-7-8-16(11-17)20-15;/h3-6,15-17,20H,1-2,7-12H2,(H,21,24);1H. The average Bonchev–Trinajstić information content (AvgIpc) is 3.13. The van der Waals surface area contributed by atoms with Gasteiger partial charge in [-0.1, -0.05) is 12.1 Å². The van der Waals surface area contributed by atoms with Gasteiger partial charge in [0.2, 0.25) is 5.91 Å². The first-order chi connectivity index (χ1) is 11.7. The molecular formula is C19H26ClN3O2. The van der Waals surface area contributed by atoms with Crippen LogP contribution in [-0.2, 0) is 11.3 Å². The summed E-state index contributed by atoms with van der Waals surface area (Å²) in [5.41, 5.74) is 1.79. The number of halogens is 1. The van der Waals surface area contributed by atoms with E-state index >= 15 is 0 Å². The zero-order chi connectivity index (χ0) is 16.5. The molecule has 136 valence electrons. The van der Waals surface area contributed by atoms with Gasteiger partial charge in [-0.15, -0.1) is 12.4 Å². The maximum Gasteiger partial charge on any atom is 0.251 e. The molecular weight excluding hydrogens is 338 g/mol. The Morgan fingerprint density at radius 1 is 1.16 bits per heavy atom. The molecule has 0 spiro atoms. The van der Waals surface area contributed by atoms with E-state index in [2.05, 4.69) is 10.6 Å². The van der Waals surface area contributed by atoms with Crippen LogP contribution in [-0.4, -0.2) is 41.4 Å². The monoisotopic (exact) mass is 363 g/mol. The number of amides is 2. The van der Waals surface area contributed by atoms with Crippen LogP contribution in [0.2, 0.25) is 0 Å². The fraction of sp³-hybridized carbons (Fsp3) is 0.579. The predicted octanol–water partition coefficient (Wildman–Crippen LogP) is 2.24. The lowest BCUT2D eigenvalue weighted by Crippen LogP contribution is -2.48. The predicted molar refractivity (Wildman–Crippen MR) is 98.8 cm³/mol. The number of nitrogens with zero attached hydrogens (tertiary/aromatic N) is 1. The third-order valence-electron chi connectivity index (χ3n) is 5.57. The first kappa shape index (κ1) is 18.2. The van der Waals surface area contributed by atoms with Crippen LogP contribution < -0.4 is 10.6 Å². The Balaban J connectivity index is 0.00000182. The van der Waals surface area contributed by atoms with Gasteiger partial charge in [0, 0.05) is 43.2 Å². The smallest absolute Gasteiger partial charge is 0.251 e. The first-order valence-electron chi connectivity index (χ1n) is 9.11. The van der Waals surface area contributed by atoms with Crippen molar-refractivity contribution < 1.29 is 9.59 Å². The average molecular weight is 364 g/mol. The Labute approximate surface area is 154 Å². The molecule has 3 saturated heterocycles. The molecule has 0 aromatic heterocycles. The number of piperidine rings is 1. The first-order valence-corrected chi connectivity index (χ1v) is 9.11. The number of fused-ring (bicyclic) bond motifs is 2. The maximum atomic E-state index is 12.5. The lowest BCUT2D eigenvalue weighted by Gasteiger charge is -2.29. The SMILES string of the molecule is Cl.O=C(NC1CC2CCC(C1)N2)c1ccc(CN2CCCC2=O)cc1. The van der Waals surface area contributed by atoms with Crippen LogP contribution in [0.5, 0.6) is 0 Å². The summed E-state index contributed by atoms with van der Waals surface area (Å²) in [6.45, 7) is 1.50. The lowest BCUT2D eigenvalue weighted by atomic mass is 9.99. The quantitative estimate of drug-likeness (QED) is 0.862. The van der Waals surface area contributed by atoms with Gasteiger partial charge >= 0.3 is 0 Å². The number of hydrogen-bond acceptors (Lipinski definition) is 3. The molecule has 1 aromatic rings. The number of benzene rings is 1. The van der Waals surface area contributed by atoms with Gasteiger partial charge in [0.25, 0.3) is 5.91 Å². The van der Waals surface area contributed by atoms with Crippen molar-refractivity contribution in [3.63, 3.8) is 0 Å². The summed E-state index contributed by atoms with van der Waals surface area (Å²) in [5.74, 6) is 0.252. The third-order valence-corrected chi connectivity index (χ3v) is 5.57. The van der Waals surface area contributed by atoms with Gasteiger partial charge in [-0.3, -0.25) is 9.59 Å². The number of rotatable bonds is 4. The number of likely N-dealkylation sites (tertiary alicyclic amines) is 1. The van der Waals surface area contributed by atoms with Crippen molar-refractivity contribution in [1.29, 1.82) is 0 Å². The van der Waals surface area contributed by atoms with Crippen LogP contribution in [0.3, 0.4) is 0 Å².